The number of aliphatic hydroxyl groups is 1. The van der Waals surface area contributed by atoms with Gasteiger partial charge >= 0.3 is 0 Å². The van der Waals surface area contributed by atoms with Gasteiger partial charge in [0.15, 0.2) is 0 Å². The van der Waals surface area contributed by atoms with Crippen LogP contribution < -0.4 is 0 Å². The predicted molar refractivity (Wildman–Crippen MR) is 45.1 cm³/mol. The van der Waals surface area contributed by atoms with Crippen LogP contribution in [0.5, 0.6) is 0 Å². The zero-order valence-corrected chi connectivity index (χ0v) is 7.29. The van der Waals surface area contributed by atoms with Gasteiger partial charge in [0.25, 0.3) is 0 Å². The molecule has 0 aromatic rings. The second kappa shape index (κ2) is 6.34. The molecule has 0 saturated carbocycles. The zero-order valence-electron chi connectivity index (χ0n) is 7.29. The summed E-state index contributed by atoms with van der Waals surface area (Å²) in [4.78, 5) is 5.21. The van der Waals surface area contributed by atoms with Crippen molar-refractivity contribution < 1.29 is 9.94 Å². The van der Waals surface area contributed by atoms with Crippen LogP contribution in [0.3, 0.4) is 0 Å². The lowest BCUT2D eigenvalue weighted by Gasteiger charge is -2.20. The zero-order chi connectivity index (χ0) is 8.69. The fourth-order valence-electron chi connectivity index (χ4n) is 0.726. The van der Waals surface area contributed by atoms with E-state index in [0.29, 0.717) is 13.2 Å². The second-order valence-electron chi connectivity index (χ2n) is 2.41. The minimum atomic E-state index is -0.347. The van der Waals surface area contributed by atoms with E-state index in [-0.39, 0.29) is 6.10 Å². The molecular weight excluding hydrogens is 142 g/mol. The van der Waals surface area contributed by atoms with Crippen LogP contribution >= 0.6 is 0 Å². The second-order valence-corrected chi connectivity index (χ2v) is 2.41. The number of rotatable bonds is 6. The summed E-state index contributed by atoms with van der Waals surface area (Å²) in [5.74, 6) is 0. The maximum absolute atomic E-state index is 9.01. The smallest absolute Gasteiger partial charge is 0.0864 e. The van der Waals surface area contributed by atoms with Crippen molar-refractivity contribution in [3.63, 3.8) is 0 Å². The van der Waals surface area contributed by atoms with Gasteiger partial charge in [-0.15, -0.1) is 6.58 Å². The molecule has 0 saturated heterocycles. The van der Waals surface area contributed by atoms with Gasteiger partial charge in [0, 0.05) is 13.1 Å². The number of aliphatic hydroxyl groups excluding tert-OH is 1. The highest BCUT2D eigenvalue weighted by atomic mass is 16.7. The summed E-state index contributed by atoms with van der Waals surface area (Å²) < 4.78 is 0. The van der Waals surface area contributed by atoms with Gasteiger partial charge in [-0.2, -0.15) is 5.06 Å². The molecule has 0 aliphatic heterocycles. The monoisotopic (exact) mass is 159 g/mol. The molecule has 1 unspecified atom stereocenters. The van der Waals surface area contributed by atoms with E-state index in [4.69, 9.17) is 9.94 Å². The van der Waals surface area contributed by atoms with Crippen LogP contribution in [0.15, 0.2) is 12.7 Å². The van der Waals surface area contributed by atoms with E-state index < -0.39 is 0 Å². The highest BCUT2D eigenvalue weighted by Crippen LogP contribution is 1.92. The van der Waals surface area contributed by atoms with Gasteiger partial charge in [-0.1, -0.05) is 13.0 Å². The topological polar surface area (TPSA) is 32.7 Å². The van der Waals surface area contributed by atoms with E-state index >= 15 is 0 Å². The van der Waals surface area contributed by atoms with Gasteiger partial charge in [0.2, 0.25) is 0 Å². The van der Waals surface area contributed by atoms with E-state index in [1.807, 2.05) is 6.92 Å². The highest BCUT2D eigenvalue weighted by molar-refractivity contribution is 4.63. The molecule has 3 nitrogen and oxygen atoms in total. The normalized spacial score (nSPS) is 13.5. The Morgan fingerprint density at radius 3 is 2.73 bits per heavy atom. The minimum Gasteiger partial charge on any atom is -0.392 e. The van der Waals surface area contributed by atoms with Gasteiger partial charge in [-0.3, -0.25) is 4.84 Å². The van der Waals surface area contributed by atoms with Crippen molar-refractivity contribution in [1.29, 1.82) is 0 Å². The Hall–Kier alpha value is -0.380. The minimum absolute atomic E-state index is 0.347. The summed E-state index contributed by atoms with van der Waals surface area (Å²) in [5, 5.41) is 10.7. The van der Waals surface area contributed by atoms with Crippen molar-refractivity contribution in [3.05, 3.63) is 12.7 Å². The molecule has 0 bridgehead atoms. The van der Waals surface area contributed by atoms with Gasteiger partial charge in [0.1, 0.15) is 0 Å². The fourth-order valence-corrected chi connectivity index (χ4v) is 0.726. The molecule has 3 heteroatoms. The first-order chi connectivity index (χ1) is 5.20. The Balaban J connectivity index is 3.48. The van der Waals surface area contributed by atoms with Crippen LogP contribution in [0.1, 0.15) is 13.8 Å². The first-order valence-electron chi connectivity index (χ1n) is 3.87. The van der Waals surface area contributed by atoms with Crippen LogP contribution in [0.2, 0.25) is 0 Å². The molecule has 0 aromatic heterocycles. The average molecular weight is 159 g/mol. The number of hydrogen-bond donors (Lipinski definition) is 1. The third-order valence-electron chi connectivity index (χ3n) is 1.20. The first kappa shape index (κ1) is 10.6. The van der Waals surface area contributed by atoms with E-state index in [1.165, 1.54) is 0 Å². The maximum Gasteiger partial charge on any atom is 0.0864 e. The van der Waals surface area contributed by atoms with Crippen LogP contribution in [0.25, 0.3) is 0 Å². The summed E-state index contributed by atoms with van der Waals surface area (Å²) in [6.45, 7) is 9.07. The van der Waals surface area contributed by atoms with Crippen molar-refractivity contribution in [3.8, 4) is 0 Å². The van der Waals surface area contributed by atoms with Gasteiger partial charge in [-0.25, -0.2) is 0 Å². The van der Waals surface area contributed by atoms with Gasteiger partial charge in [0.05, 0.1) is 12.7 Å². The molecule has 1 atom stereocenters. The SMILES string of the molecule is C=CCON(CC)CC(C)O. The van der Waals surface area contributed by atoms with Gasteiger partial charge in [-0.05, 0) is 6.92 Å². The standard InChI is InChI=1S/C8H17NO2/c1-4-6-11-9(5-2)7-8(3)10/h4,8,10H,1,5-7H2,2-3H3. The summed E-state index contributed by atoms with van der Waals surface area (Å²) in [7, 11) is 0. The largest absolute Gasteiger partial charge is 0.392 e. The Morgan fingerprint density at radius 2 is 2.36 bits per heavy atom. The van der Waals surface area contributed by atoms with E-state index in [0.717, 1.165) is 6.54 Å². The molecule has 66 valence electrons. The van der Waals surface area contributed by atoms with E-state index in [9.17, 15) is 0 Å². The Morgan fingerprint density at radius 1 is 1.73 bits per heavy atom. The summed E-state index contributed by atoms with van der Waals surface area (Å²) in [6, 6.07) is 0. The average Bonchev–Trinajstić information content (AvgIpc) is 1.97. The maximum atomic E-state index is 9.01. The summed E-state index contributed by atoms with van der Waals surface area (Å²) >= 11 is 0. The van der Waals surface area contributed by atoms with E-state index in [2.05, 4.69) is 6.58 Å². The van der Waals surface area contributed by atoms with Crippen LogP contribution in [0.4, 0.5) is 0 Å². The number of hydroxylamine groups is 2. The molecule has 1 N–H and O–H groups in total. The lowest BCUT2D eigenvalue weighted by atomic mass is 10.4. The number of hydrogen-bond acceptors (Lipinski definition) is 3. The Labute approximate surface area is 68.2 Å². The molecule has 0 aromatic carbocycles. The van der Waals surface area contributed by atoms with Crippen LogP contribution in [-0.4, -0.2) is 36.0 Å². The molecule has 0 amide bonds. The number of nitrogens with zero attached hydrogens (tertiary/aromatic N) is 1. The lowest BCUT2D eigenvalue weighted by molar-refractivity contribution is -0.158. The molecule has 0 radical (unpaired) electrons. The summed E-state index contributed by atoms with van der Waals surface area (Å²) in [6.07, 6.45) is 1.34. The van der Waals surface area contributed by atoms with Crippen molar-refractivity contribution >= 4 is 0 Å². The molecule has 0 fully saturated rings. The van der Waals surface area contributed by atoms with Crippen molar-refractivity contribution in [2.24, 2.45) is 0 Å². The molecule has 11 heavy (non-hydrogen) atoms. The molecule has 0 spiro atoms. The third-order valence-corrected chi connectivity index (χ3v) is 1.20. The third kappa shape index (κ3) is 6.04. The molecule has 0 aliphatic rings. The Kier molecular flexibility index (Phi) is 6.12. The predicted octanol–water partition coefficient (Wildman–Crippen LogP) is 0.807. The molecule has 0 heterocycles. The molecular formula is C8H17NO2. The first-order valence-corrected chi connectivity index (χ1v) is 3.87. The van der Waals surface area contributed by atoms with Gasteiger partial charge < -0.3 is 5.11 Å². The summed E-state index contributed by atoms with van der Waals surface area (Å²) in [5.41, 5.74) is 0. The fraction of sp³-hybridized carbons (Fsp3) is 0.750. The lowest BCUT2D eigenvalue weighted by Crippen LogP contribution is -2.31. The van der Waals surface area contributed by atoms with Crippen molar-refractivity contribution in [2.45, 2.75) is 20.0 Å². The van der Waals surface area contributed by atoms with Crippen LogP contribution in [0, 0.1) is 0 Å². The molecule has 0 aliphatic carbocycles. The molecule has 0 rings (SSSR count). The van der Waals surface area contributed by atoms with E-state index in [1.54, 1.807) is 18.1 Å². The van der Waals surface area contributed by atoms with Crippen LogP contribution in [-0.2, 0) is 4.84 Å². The Bertz CT molecular complexity index is 104. The number of likely N-dealkylation sites (N-methyl/N-ethyl adjacent to an activating group) is 1. The highest BCUT2D eigenvalue weighted by Gasteiger charge is 2.04. The quantitative estimate of drug-likeness (QED) is 0.460. The van der Waals surface area contributed by atoms with Crippen molar-refractivity contribution in [2.75, 3.05) is 19.7 Å². The van der Waals surface area contributed by atoms with Crippen molar-refractivity contribution in [1.82, 2.24) is 5.06 Å².